The molecule has 5 N–H and O–H groups in total. The minimum Gasteiger partial charge on any atom is -0.412 e. The van der Waals surface area contributed by atoms with E-state index in [-0.39, 0.29) is 75.9 Å². The number of hydrogen-bond donors (Lipinski definition) is 3. The smallest absolute Gasteiger partial charge is 0.412 e. The van der Waals surface area contributed by atoms with Crippen molar-refractivity contribution in [2.24, 2.45) is 0 Å². The molecule has 0 aliphatic rings. The van der Waals surface area contributed by atoms with Crippen LogP contribution in [0.5, 0.6) is 0 Å². The maximum Gasteiger partial charge on any atom is 0.631 e. The van der Waals surface area contributed by atoms with Crippen LogP contribution in [0.2, 0.25) is 0 Å². The standard InChI is InChI=1S/BH3O3.Ca.H2O.Y/c2-1(3)4;;;/h2-4H;;1H2;. The second-order valence-electron chi connectivity index (χ2n) is 0.346. The molecule has 4 nitrogen and oxygen atoms in total. The average Bonchev–Trinajstić information content (AvgIpc) is 0.811. The van der Waals surface area contributed by atoms with Crippen LogP contribution in [0, 0.1) is 0 Å². The molecule has 0 spiro atoms. The maximum absolute atomic E-state index is 7.17. The monoisotopic (exact) mass is 209 g/mol. The molecule has 0 rings (SSSR count). The van der Waals surface area contributed by atoms with Crippen molar-refractivity contribution in [3.05, 3.63) is 0 Å². The van der Waals surface area contributed by atoms with Crippen LogP contribution in [0.1, 0.15) is 0 Å². The van der Waals surface area contributed by atoms with Crippen LogP contribution in [0.25, 0.3) is 0 Å². The normalized spacial score (nSPS) is 3.86. The fourth-order valence-corrected chi connectivity index (χ4v) is 0. The summed E-state index contributed by atoms with van der Waals surface area (Å²) in [6.45, 7) is 0. The summed E-state index contributed by atoms with van der Waals surface area (Å²) >= 11 is 0. The Morgan fingerprint density at radius 3 is 1.00 bits per heavy atom. The van der Waals surface area contributed by atoms with Crippen molar-refractivity contribution >= 4 is 45.1 Å². The van der Waals surface area contributed by atoms with E-state index in [1.807, 2.05) is 0 Å². The predicted octanol–water partition coefficient (Wildman–Crippen LogP) is -3.26. The molecule has 0 aliphatic carbocycles. The first kappa shape index (κ1) is 22.8. The van der Waals surface area contributed by atoms with Gasteiger partial charge in [0.25, 0.3) is 0 Å². The second kappa shape index (κ2) is 15.7. The van der Waals surface area contributed by atoms with E-state index in [9.17, 15) is 0 Å². The van der Waals surface area contributed by atoms with E-state index in [0.717, 1.165) is 0 Å². The Labute approximate surface area is 96.7 Å². The van der Waals surface area contributed by atoms with Gasteiger partial charge in [0, 0.05) is 70.4 Å². The van der Waals surface area contributed by atoms with Crippen LogP contribution in [0.4, 0.5) is 0 Å². The van der Waals surface area contributed by atoms with Crippen molar-refractivity contribution in [2.45, 2.75) is 0 Å². The van der Waals surface area contributed by atoms with Crippen LogP contribution < -0.4 is 0 Å². The van der Waals surface area contributed by atoms with Crippen molar-refractivity contribution in [3.8, 4) is 0 Å². The molecule has 0 aromatic rings. The molecule has 7 heteroatoms. The molecule has 0 aromatic carbocycles. The zero-order chi connectivity index (χ0) is 3.58. The van der Waals surface area contributed by atoms with Crippen LogP contribution in [-0.4, -0.2) is 65.6 Å². The van der Waals surface area contributed by atoms with E-state index in [1.165, 1.54) is 0 Å². The van der Waals surface area contributed by atoms with E-state index in [2.05, 4.69) is 0 Å². The third kappa shape index (κ3) is 63.1. The van der Waals surface area contributed by atoms with Crippen molar-refractivity contribution in [2.75, 3.05) is 0 Å². The summed E-state index contributed by atoms with van der Waals surface area (Å²) in [6.07, 6.45) is 0. The summed E-state index contributed by atoms with van der Waals surface area (Å²) in [5.41, 5.74) is 0. The van der Waals surface area contributed by atoms with Gasteiger partial charge < -0.3 is 20.5 Å². The zero-order valence-corrected chi connectivity index (χ0v) is 8.75. The molecule has 0 heterocycles. The topological polar surface area (TPSA) is 92.2 Å². The largest absolute Gasteiger partial charge is 0.631 e. The Balaban J connectivity index is -0.0000000150. The van der Waals surface area contributed by atoms with E-state index >= 15 is 0 Å². The van der Waals surface area contributed by atoms with Crippen LogP contribution >= 0.6 is 0 Å². The number of rotatable bonds is 0. The van der Waals surface area contributed by atoms with Gasteiger partial charge in [-0.3, -0.25) is 0 Å². The van der Waals surface area contributed by atoms with Crippen molar-refractivity contribution in [1.29, 1.82) is 0 Å². The molecule has 0 aromatic heterocycles. The molecule has 0 bridgehead atoms. The second-order valence-corrected chi connectivity index (χ2v) is 0.346. The van der Waals surface area contributed by atoms with Gasteiger partial charge in [0.15, 0.2) is 0 Å². The summed E-state index contributed by atoms with van der Waals surface area (Å²) in [7, 11) is -2.17. The molecule has 0 amide bonds. The SMILES string of the molecule is O.OB(O)O.[Ca].[Y]. The summed E-state index contributed by atoms with van der Waals surface area (Å²) < 4.78 is 0. The van der Waals surface area contributed by atoms with Gasteiger partial charge in [-0.15, -0.1) is 0 Å². The van der Waals surface area contributed by atoms with Crippen molar-refractivity contribution in [3.63, 3.8) is 0 Å². The summed E-state index contributed by atoms with van der Waals surface area (Å²) in [5.74, 6) is 0. The Morgan fingerprint density at radius 2 is 1.00 bits per heavy atom. The molecule has 0 unspecified atom stereocenters. The van der Waals surface area contributed by atoms with E-state index in [0.29, 0.717) is 0 Å². The summed E-state index contributed by atoms with van der Waals surface area (Å²) in [4.78, 5) is 0. The zero-order valence-electron chi connectivity index (χ0n) is 3.70. The van der Waals surface area contributed by atoms with Gasteiger partial charge in [0.05, 0.1) is 0 Å². The molecule has 37 valence electrons. The summed E-state index contributed by atoms with van der Waals surface area (Å²) in [5, 5.41) is 21.5. The van der Waals surface area contributed by atoms with Gasteiger partial charge in [-0.2, -0.15) is 0 Å². The van der Waals surface area contributed by atoms with E-state index in [1.54, 1.807) is 0 Å². The third-order valence-corrected chi connectivity index (χ3v) is 0. The molecule has 0 saturated heterocycles. The first-order chi connectivity index (χ1) is 1.73. The van der Waals surface area contributed by atoms with Gasteiger partial charge in [0.1, 0.15) is 0 Å². The first-order valence-electron chi connectivity index (χ1n) is 0.775. The molecule has 0 saturated carbocycles. The first-order valence-corrected chi connectivity index (χ1v) is 0.775. The van der Waals surface area contributed by atoms with Gasteiger partial charge in [-0.25, -0.2) is 0 Å². The quantitative estimate of drug-likeness (QED) is 0.365. The molecular formula is H5BCaO4Y. The fraction of sp³-hybridized carbons (Fsp3) is 0. The Hall–Kier alpha value is 2.27. The Bertz CT molecular complexity index is 16.4. The van der Waals surface area contributed by atoms with Gasteiger partial charge in [-0.1, -0.05) is 0 Å². The van der Waals surface area contributed by atoms with Crippen LogP contribution in [0.3, 0.4) is 0 Å². The minimum atomic E-state index is -2.17. The Kier molecular flexibility index (Phi) is 51.3. The van der Waals surface area contributed by atoms with Crippen LogP contribution in [-0.2, 0) is 32.7 Å². The van der Waals surface area contributed by atoms with Crippen LogP contribution in [0.15, 0.2) is 0 Å². The van der Waals surface area contributed by atoms with Gasteiger partial charge >= 0.3 is 7.32 Å². The minimum absolute atomic E-state index is 0. The molecule has 0 atom stereocenters. The fourth-order valence-electron chi connectivity index (χ4n) is 0. The molecular weight excluding hydrogens is 204 g/mol. The van der Waals surface area contributed by atoms with Crippen molar-refractivity contribution < 1.29 is 53.3 Å². The van der Waals surface area contributed by atoms with Crippen molar-refractivity contribution in [1.82, 2.24) is 0 Å². The van der Waals surface area contributed by atoms with E-state index < -0.39 is 7.32 Å². The maximum atomic E-state index is 7.17. The third-order valence-electron chi connectivity index (χ3n) is 0. The predicted molar refractivity (Wildman–Crippen MR) is 21.8 cm³/mol. The molecule has 7 heavy (non-hydrogen) atoms. The number of hydrogen-bond acceptors (Lipinski definition) is 3. The van der Waals surface area contributed by atoms with Gasteiger partial charge in [-0.05, 0) is 0 Å². The average molecular weight is 209 g/mol. The van der Waals surface area contributed by atoms with E-state index in [4.69, 9.17) is 15.1 Å². The molecule has 0 aliphatic heterocycles. The molecule has 0 fully saturated rings. The Morgan fingerprint density at radius 1 is 1.00 bits per heavy atom. The molecule has 3 radical (unpaired) electrons. The summed E-state index contributed by atoms with van der Waals surface area (Å²) in [6, 6.07) is 0. The van der Waals surface area contributed by atoms with Gasteiger partial charge in [0.2, 0.25) is 0 Å².